The maximum Gasteiger partial charge on any atom is 0.311 e. The zero-order valence-electron chi connectivity index (χ0n) is 10.7. The van der Waals surface area contributed by atoms with Gasteiger partial charge < -0.3 is 9.47 Å². The van der Waals surface area contributed by atoms with Gasteiger partial charge in [0.1, 0.15) is 5.82 Å². The third kappa shape index (κ3) is 5.30. The van der Waals surface area contributed by atoms with Gasteiger partial charge in [-0.2, -0.15) is 0 Å². The Hall–Kier alpha value is -1.56. The molecule has 0 N–H and O–H groups in total. The van der Waals surface area contributed by atoms with Crippen molar-refractivity contribution in [2.75, 3.05) is 6.61 Å². The Bertz CT molecular complexity index is 424. The molecule has 0 spiro atoms. The molecule has 3 nitrogen and oxygen atoms in total. The van der Waals surface area contributed by atoms with Crippen molar-refractivity contribution >= 4 is 5.97 Å². The first-order valence-electron chi connectivity index (χ1n) is 5.87. The fourth-order valence-corrected chi connectivity index (χ4v) is 1.33. The minimum Gasteiger partial charge on any atom is -0.420 e. The molecule has 0 saturated carbocycles. The maximum absolute atomic E-state index is 13.2. The Morgan fingerprint density at radius 3 is 2.32 bits per heavy atom. The van der Waals surface area contributed by atoms with Crippen LogP contribution < -0.4 is 4.74 Å². The molecule has 0 aromatic heterocycles. The van der Waals surface area contributed by atoms with Gasteiger partial charge in [-0.3, -0.25) is 4.79 Å². The summed E-state index contributed by atoms with van der Waals surface area (Å²) in [5, 5.41) is 0. The van der Waals surface area contributed by atoms with E-state index in [9.17, 15) is 18.0 Å². The maximum atomic E-state index is 13.2. The minimum absolute atomic E-state index is 0.0387. The first kappa shape index (κ1) is 15.5. The Balaban J connectivity index is 2.49. The van der Waals surface area contributed by atoms with E-state index in [0.717, 1.165) is 0 Å². The molecule has 106 valence electrons. The second-order valence-corrected chi connectivity index (χ2v) is 4.20. The molecule has 0 aliphatic carbocycles. The summed E-state index contributed by atoms with van der Waals surface area (Å²) in [6, 6.07) is 0.904. The predicted molar refractivity (Wildman–Crippen MR) is 62.3 cm³/mol. The van der Waals surface area contributed by atoms with Gasteiger partial charge in [0.25, 0.3) is 0 Å². The molecule has 0 radical (unpaired) electrons. The zero-order chi connectivity index (χ0) is 14.4. The lowest BCUT2D eigenvalue weighted by atomic mass is 10.3. The van der Waals surface area contributed by atoms with E-state index in [0.29, 0.717) is 25.2 Å². The molecule has 0 saturated heterocycles. The molecule has 0 aliphatic rings. The SMILES string of the molecule is CC(C)OCCCC(=O)Oc1c(F)cc(F)cc1F. The van der Waals surface area contributed by atoms with Crippen LogP contribution in [0, 0.1) is 17.5 Å². The fraction of sp³-hybridized carbons (Fsp3) is 0.462. The number of ether oxygens (including phenoxy) is 2. The van der Waals surface area contributed by atoms with Crippen LogP contribution in [0.1, 0.15) is 26.7 Å². The van der Waals surface area contributed by atoms with Gasteiger partial charge in [-0.05, 0) is 20.3 Å². The molecule has 0 aliphatic heterocycles. The van der Waals surface area contributed by atoms with Crippen molar-refractivity contribution in [1.29, 1.82) is 0 Å². The van der Waals surface area contributed by atoms with Gasteiger partial charge in [-0.1, -0.05) is 0 Å². The molecular weight excluding hydrogens is 261 g/mol. The van der Waals surface area contributed by atoms with Crippen molar-refractivity contribution in [2.24, 2.45) is 0 Å². The van der Waals surface area contributed by atoms with E-state index >= 15 is 0 Å². The van der Waals surface area contributed by atoms with Crippen LogP contribution in [0.3, 0.4) is 0 Å². The molecule has 19 heavy (non-hydrogen) atoms. The largest absolute Gasteiger partial charge is 0.420 e. The number of halogens is 3. The Morgan fingerprint density at radius 2 is 1.79 bits per heavy atom. The van der Waals surface area contributed by atoms with Gasteiger partial charge in [0, 0.05) is 25.2 Å². The van der Waals surface area contributed by atoms with Crippen molar-refractivity contribution in [1.82, 2.24) is 0 Å². The van der Waals surface area contributed by atoms with Gasteiger partial charge in [0.15, 0.2) is 11.6 Å². The van der Waals surface area contributed by atoms with Gasteiger partial charge in [-0.15, -0.1) is 0 Å². The van der Waals surface area contributed by atoms with Crippen LogP contribution in [0.25, 0.3) is 0 Å². The number of rotatable bonds is 6. The standard InChI is InChI=1S/C13H15F3O3/c1-8(2)18-5-3-4-12(17)19-13-10(15)6-9(14)7-11(13)16/h6-8H,3-5H2,1-2H3. The molecular formula is C13H15F3O3. The first-order valence-corrected chi connectivity index (χ1v) is 5.87. The summed E-state index contributed by atoms with van der Waals surface area (Å²) in [4.78, 5) is 11.3. The Kier molecular flexibility index (Phi) is 5.82. The number of esters is 1. The van der Waals surface area contributed by atoms with Crippen molar-refractivity contribution in [3.05, 3.63) is 29.6 Å². The van der Waals surface area contributed by atoms with Crippen molar-refractivity contribution in [3.8, 4) is 5.75 Å². The monoisotopic (exact) mass is 276 g/mol. The highest BCUT2D eigenvalue weighted by Crippen LogP contribution is 2.23. The van der Waals surface area contributed by atoms with Gasteiger partial charge >= 0.3 is 5.97 Å². The zero-order valence-corrected chi connectivity index (χ0v) is 10.7. The molecule has 6 heteroatoms. The van der Waals surface area contributed by atoms with Crippen LogP contribution in [-0.2, 0) is 9.53 Å². The topological polar surface area (TPSA) is 35.5 Å². The van der Waals surface area contributed by atoms with Gasteiger partial charge in [0.2, 0.25) is 5.75 Å². The Labute approximate surface area is 109 Å². The normalized spacial score (nSPS) is 10.8. The molecule has 0 fully saturated rings. The first-order chi connectivity index (χ1) is 8.90. The lowest BCUT2D eigenvalue weighted by Crippen LogP contribution is -2.12. The third-order valence-electron chi connectivity index (χ3n) is 2.16. The smallest absolute Gasteiger partial charge is 0.311 e. The Morgan fingerprint density at radius 1 is 1.21 bits per heavy atom. The molecule has 0 atom stereocenters. The lowest BCUT2D eigenvalue weighted by Gasteiger charge is -2.08. The molecule has 0 heterocycles. The summed E-state index contributed by atoms with van der Waals surface area (Å²) in [6.45, 7) is 4.05. The van der Waals surface area contributed by atoms with E-state index in [1.807, 2.05) is 13.8 Å². The average Bonchev–Trinajstić information content (AvgIpc) is 2.29. The average molecular weight is 276 g/mol. The minimum atomic E-state index is -1.25. The number of benzene rings is 1. The highest BCUT2D eigenvalue weighted by molar-refractivity contribution is 5.72. The van der Waals surface area contributed by atoms with E-state index in [4.69, 9.17) is 4.74 Å². The molecule has 1 rings (SSSR count). The predicted octanol–water partition coefficient (Wildman–Crippen LogP) is 3.21. The lowest BCUT2D eigenvalue weighted by molar-refractivity contribution is -0.135. The van der Waals surface area contributed by atoms with Crippen LogP contribution >= 0.6 is 0 Å². The van der Waals surface area contributed by atoms with Crippen LogP contribution in [0.5, 0.6) is 5.75 Å². The summed E-state index contributed by atoms with van der Waals surface area (Å²) < 4.78 is 48.7. The summed E-state index contributed by atoms with van der Waals surface area (Å²) in [6.07, 6.45) is 0.382. The van der Waals surface area contributed by atoms with Crippen molar-refractivity contribution < 1.29 is 27.4 Å². The van der Waals surface area contributed by atoms with E-state index in [-0.39, 0.29) is 12.5 Å². The van der Waals surface area contributed by atoms with E-state index in [2.05, 4.69) is 4.74 Å². The summed E-state index contributed by atoms with van der Waals surface area (Å²) in [5.41, 5.74) is 0. The molecule has 1 aromatic carbocycles. The molecule has 1 aromatic rings. The van der Waals surface area contributed by atoms with Crippen LogP contribution in [-0.4, -0.2) is 18.7 Å². The van der Waals surface area contributed by atoms with E-state index in [1.54, 1.807) is 0 Å². The van der Waals surface area contributed by atoms with Gasteiger partial charge in [-0.25, -0.2) is 13.2 Å². The van der Waals surface area contributed by atoms with Crippen molar-refractivity contribution in [3.63, 3.8) is 0 Å². The second-order valence-electron chi connectivity index (χ2n) is 4.20. The summed E-state index contributed by atoms with van der Waals surface area (Å²) >= 11 is 0. The van der Waals surface area contributed by atoms with Crippen LogP contribution in [0.15, 0.2) is 12.1 Å². The van der Waals surface area contributed by atoms with E-state index < -0.39 is 29.2 Å². The highest BCUT2D eigenvalue weighted by Gasteiger charge is 2.16. The highest BCUT2D eigenvalue weighted by atomic mass is 19.1. The van der Waals surface area contributed by atoms with Crippen LogP contribution in [0.4, 0.5) is 13.2 Å². The summed E-state index contributed by atoms with van der Waals surface area (Å²) in [5.74, 6) is -5.23. The number of hydrogen-bond acceptors (Lipinski definition) is 3. The quantitative estimate of drug-likeness (QED) is 0.454. The van der Waals surface area contributed by atoms with Crippen LogP contribution in [0.2, 0.25) is 0 Å². The van der Waals surface area contributed by atoms with E-state index in [1.165, 1.54) is 0 Å². The molecule has 0 amide bonds. The number of hydrogen-bond donors (Lipinski definition) is 0. The van der Waals surface area contributed by atoms with Gasteiger partial charge in [0.05, 0.1) is 6.10 Å². The number of carbonyl (C=O) groups excluding carboxylic acids is 1. The molecule has 0 unspecified atom stereocenters. The summed E-state index contributed by atoms with van der Waals surface area (Å²) in [7, 11) is 0. The number of carbonyl (C=O) groups is 1. The van der Waals surface area contributed by atoms with Crippen molar-refractivity contribution in [2.45, 2.75) is 32.8 Å². The third-order valence-corrected chi connectivity index (χ3v) is 2.16. The molecule has 0 bridgehead atoms. The fourth-order valence-electron chi connectivity index (χ4n) is 1.33. The second kappa shape index (κ2) is 7.13.